The van der Waals surface area contributed by atoms with Crippen LogP contribution in [0.3, 0.4) is 0 Å². The normalized spacial score (nSPS) is 17.4. The first-order chi connectivity index (χ1) is 7.18. The van der Waals surface area contributed by atoms with Gasteiger partial charge in [-0.15, -0.1) is 0 Å². The van der Waals surface area contributed by atoms with Gasteiger partial charge in [0.2, 0.25) is 0 Å². The van der Waals surface area contributed by atoms with E-state index in [4.69, 9.17) is 5.73 Å². The van der Waals surface area contributed by atoms with E-state index in [1.807, 2.05) is 0 Å². The maximum Gasteiger partial charge on any atom is 0.271 e. The maximum absolute atomic E-state index is 11.6. The number of H-pyrrole nitrogens is 1. The molecule has 1 heterocycles. The van der Waals surface area contributed by atoms with Crippen LogP contribution < -0.4 is 11.1 Å². The Bertz CT molecular complexity index is 356. The number of nitrogens with one attached hydrogen (secondary N) is 2. The van der Waals surface area contributed by atoms with Crippen LogP contribution in [0.1, 0.15) is 30.3 Å². The van der Waals surface area contributed by atoms with E-state index in [0.29, 0.717) is 23.8 Å². The van der Waals surface area contributed by atoms with Crippen molar-refractivity contribution >= 4 is 11.6 Å². The van der Waals surface area contributed by atoms with Crippen molar-refractivity contribution < 1.29 is 4.79 Å². The largest absolute Gasteiger partial charge is 0.396 e. The van der Waals surface area contributed by atoms with E-state index < -0.39 is 0 Å². The molecule has 5 heteroatoms. The summed E-state index contributed by atoms with van der Waals surface area (Å²) >= 11 is 0. The van der Waals surface area contributed by atoms with Gasteiger partial charge in [0.15, 0.2) is 0 Å². The summed E-state index contributed by atoms with van der Waals surface area (Å²) in [7, 11) is 0. The molecule has 15 heavy (non-hydrogen) atoms. The van der Waals surface area contributed by atoms with Crippen LogP contribution >= 0.6 is 0 Å². The van der Waals surface area contributed by atoms with Gasteiger partial charge in [-0.1, -0.05) is 6.92 Å². The third-order valence-corrected chi connectivity index (χ3v) is 2.91. The van der Waals surface area contributed by atoms with Crippen molar-refractivity contribution in [3.05, 3.63) is 11.9 Å². The van der Waals surface area contributed by atoms with E-state index in [1.54, 1.807) is 0 Å². The van der Waals surface area contributed by atoms with Crippen LogP contribution in [0.5, 0.6) is 0 Å². The first-order valence-corrected chi connectivity index (χ1v) is 5.25. The van der Waals surface area contributed by atoms with E-state index in [-0.39, 0.29) is 5.91 Å². The van der Waals surface area contributed by atoms with Crippen LogP contribution in [-0.2, 0) is 0 Å². The van der Waals surface area contributed by atoms with Gasteiger partial charge in [-0.2, -0.15) is 5.10 Å². The summed E-state index contributed by atoms with van der Waals surface area (Å²) in [6.45, 7) is 2.87. The number of hydrogen-bond donors (Lipinski definition) is 3. The van der Waals surface area contributed by atoms with Gasteiger partial charge in [-0.05, 0) is 24.7 Å². The summed E-state index contributed by atoms with van der Waals surface area (Å²) < 4.78 is 0. The Morgan fingerprint density at radius 2 is 2.53 bits per heavy atom. The van der Waals surface area contributed by atoms with Gasteiger partial charge in [-0.3, -0.25) is 9.89 Å². The summed E-state index contributed by atoms with van der Waals surface area (Å²) in [5, 5.41) is 9.15. The van der Waals surface area contributed by atoms with Gasteiger partial charge in [-0.25, -0.2) is 0 Å². The quantitative estimate of drug-likeness (QED) is 0.683. The molecule has 1 atom stereocenters. The molecule has 0 aromatic carbocycles. The molecular formula is C10H16N4O. The number of rotatable bonds is 4. The van der Waals surface area contributed by atoms with E-state index in [9.17, 15) is 4.79 Å². The molecule has 82 valence electrons. The zero-order valence-corrected chi connectivity index (χ0v) is 8.79. The molecule has 1 aliphatic carbocycles. The summed E-state index contributed by atoms with van der Waals surface area (Å²) in [6, 6.07) is 0. The second-order valence-corrected chi connectivity index (χ2v) is 4.23. The molecule has 1 unspecified atom stereocenters. The van der Waals surface area contributed by atoms with Crippen LogP contribution in [0.4, 0.5) is 5.69 Å². The number of carbonyl (C=O) groups is 1. The first-order valence-electron chi connectivity index (χ1n) is 5.25. The average molecular weight is 208 g/mol. The van der Waals surface area contributed by atoms with Crippen LogP contribution in [0.2, 0.25) is 0 Å². The summed E-state index contributed by atoms with van der Waals surface area (Å²) in [5.74, 6) is 1.18. The lowest BCUT2D eigenvalue weighted by Crippen LogP contribution is -2.29. The van der Waals surface area contributed by atoms with Crippen molar-refractivity contribution in [3.8, 4) is 0 Å². The van der Waals surface area contributed by atoms with Gasteiger partial charge >= 0.3 is 0 Å². The number of aromatic nitrogens is 2. The minimum absolute atomic E-state index is 0.169. The molecule has 1 aromatic rings. The van der Waals surface area contributed by atoms with Gasteiger partial charge in [0.1, 0.15) is 5.69 Å². The predicted octanol–water partition coefficient (Wildman–Crippen LogP) is 0.768. The number of amides is 1. The van der Waals surface area contributed by atoms with Crippen LogP contribution in [0.15, 0.2) is 6.20 Å². The topological polar surface area (TPSA) is 83.8 Å². The Morgan fingerprint density at radius 3 is 3.07 bits per heavy atom. The molecular weight excluding hydrogens is 192 g/mol. The predicted molar refractivity (Wildman–Crippen MR) is 57.2 cm³/mol. The Kier molecular flexibility index (Phi) is 2.62. The molecule has 2 rings (SSSR count). The molecule has 1 fully saturated rings. The lowest BCUT2D eigenvalue weighted by Gasteiger charge is -2.10. The van der Waals surface area contributed by atoms with Crippen LogP contribution in [-0.4, -0.2) is 22.6 Å². The fourth-order valence-electron chi connectivity index (χ4n) is 1.65. The zero-order chi connectivity index (χ0) is 10.8. The van der Waals surface area contributed by atoms with E-state index in [1.165, 1.54) is 19.0 Å². The number of anilines is 1. The Balaban J connectivity index is 1.84. The molecule has 4 N–H and O–H groups in total. The molecule has 1 aromatic heterocycles. The maximum atomic E-state index is 11.6. The van der Waals surface area contributed by atoms with Crippen molar-refractivity contribution in [3.63, 3.8) is 0 Å². The standard InChI is InChI=1S/C10H16N4O/c1-6(7-2-3-7)4-12-10(15)9-8(11)5-13-14-9/h5-7H,2-4,11H2,1H3,(H,12,15)(H,13,14). The van der Waals surface area contributed by atoms with Crippen molar-refractivity contribution in [1.82, 2.24) is 15.5 Å². The van der Waals surface area contributed by atoms with Crippen LogP contribution in [0, 0.1) is 11.8 Å². The van der Waals surface area contributed by atoms with Gasteiger partial charge in [0.25, 0.3) is 5.91 Å². The van der Waals surface area contributed by atoms with Gasteiger partial charge < -0.3 is 11.1 Å². The van der Waals surface area contributed by atoms with Crippen molar-refractivity contribution in [1.29, 1.82) is 0 Å². The molecule has 5 nitrogen and oxygen atoms in total. The number of nitrogens with two attached hydrogens (primary N) is 1. The number of nitrogens with zero attached hydrogens (tertiary/aromatic N) is 1. The van der Waals surface area contributed by atoms with E-state index in [0.717, 1.165) is 5.92 Å². The number of carbonyl (C=O) groups excluding carboxylic acids is 1. The Morgan fingerprint density at radius 1 is 1.80 bits per heavy atom. The minimum Gasteiger partial charge on any atom is -0.396 e. The molecule has 0 saturated heterocycles. The van der Waals surface area contributed by atoms with Gasteiger partial charge in [0, 0.05) is 6.54 Å². The molecule has 1 saturated carbocycles. The van der Waals surface area contributed by atoms with Gasteiger partial charge in [0.05, 0.1) is 11.9 Å². The number of hydrogen-bond acceptors (Lipinski definition) is 3. The highest BCUT2D eigenvalue weighted by Gasteiger charge is 2.28. The highest BCUT2D eigenvalue weighted by Crippen LogP contribution is 2.36. The second kappa shape index (κ2) is 3.92. The average Bonchev–Trinajstić information content (AvgIpc) is 2.98. The SMILES string of the molecule is CC(CNC(=O)c1[nH]ncc1N)C1CC1. The summed E-state index contributed by atoms with van der Waals surface area (Å²) in [5.41, 5.74) is 6.32. The van der Waals surface area contributed by atoms with E-state index in [2.05, 4.69) is 22.4 Å². The fourth-order valence-corrected chi connectivity index (χ4v) is 1.65. The molecule has 1 amide bonds. The van der Waals surface area contributed by atoms with Crippen molar-refractivity contribution in [2.45, 2.75) is 19.8 Å². The zero-order valence-electron chi connectivity index (χ0n) is 8.79. The highest BCUT2D eigenvalue weighted by atomic mass is 16.1. The lowest BCUT2D eigenvalue weighted by atomic mass is 10.1. The second-order valence-electron chi connectivity index (χ2n) is 4.23. The Labute approximate surface area is 88.4 Å². The molecule has 0 bridgehead atoms. The fraction of sp³-hybridized carbons (Fsp3) is 0.600. The molecule has 1 aliphatic rings. The number of aromatic amines is 1. The summed E-state index contributed by atoms with van der Waals surface area (Å²) in [4.78, 5) is 11.6. The van der Waals surface area contributed by atoms with Crippen molar-refractivity contribution in [2.75, 3.05) is 12.3 Å². The first kappa shape index (κ1) is 10.0. The van der Waals surface area contributed by atoms with Crippen LogP contribution in [0.25, 0.3) is 0 Å². The molecule has 0 radical (unpaired) electrons. The highest BCUT2D eigenvalue weighted by molar-refractivity contribution is 5.96. The number of nitrogen functional groups attached to an aromatic ring is 1. The smallest absolute Gasteiger partial charge is 0.271 e. The van der Waals surface area contributed by atoms with Crippen molar-refractivity contribution in [2.24, 2.45) is 11.8 Å². The third kappa shape index (κ3) is 2.29. The molecule has 0 spiro atoms. The third-order valence-electron chi connectivity index (χ3n) is 2.91. The minimum atomic E-state index is -0.169. The summed E-state index contributed by atoms with van der Waals surface area (Å²) in [6.07, 6.45) is 4.03. The Hall–Kier alpha value is -1.52. The van der Waals surface area contributed by atoms with E-state index >= 15 is 0 Å². The lowest BCUT2D eigenvalue weighted by molar-refractivity contribution is 0.0942. The molecule has 0 aliphatic heterocycles. The monoisotopic (exact) mass is 208 g/mol.